The summed E-state index contributed by atoms with van der Waals surface area (Å²) in [7, 11) is -3.48. The molecule has 160 valence electrons. The van der Waals surface area contributed by atoms with Crippen molar-refractivity contribution in [1.82, 2.24) is 9.21 Å². The molecule has 2 aromatic rings. The number of carbonyl (C=O) groups is 1. The van der Waals surface area contributed by atoms with Gasteiger partial charge >= 0.3 is 0 Å². The first-order valence-corrected chi connectivity index (χ1v) is 12.0. The zero-order chi connectivity index (χ0) is 21.3. The van der Waals surface area contributed by atoms with Gasteiger partial charge in [0.15, 0.2) is 6.54 Å². The molecule has 2 aliphatic rings. The fraction of sp³-hybridized carbons (Fsp3) is 0.435. The van der Waals surface area contributed by atoms with Crippen LogP contribution in [0.15, 0.2) is 47.4 Å². The number of sulfonamides is 1. The first-order valence-electron chi connectivity index (χ1n) is 10.6. The van der Waals surface area contributed by atoms with Crippen molar-refractivity contribution in [2.45, 2.75) is 31.7 Å². The van der Waals surface area contributed by atoms with Gasteiger partial charge in [-0.3, -0.25) is 4.79 Å². The maximum Gasteiger partial charge on any atom is 0.278 e. The van der Waals surface area contributed by atoms with Gasteiger partial charge in [-0.15, -0.1) is 0 Å². The van der Waals surface area contributed by atoms with Gasteiger partial charge in [-0.1, -0.05) is 30.3 Å². The van der Waals surface area contributed by atoms with Gasteiger partial charge < -0.3 is 9.80 Å². The van der Waals surface area contributed by atoms with Crippen LogP contribution >= 0.6 is 0 Å². The fourth-order valence-corrected chi connectivity index (χ4v) is 5.80. The molecule has 0 aliphatic carbocycles. The highest BCUT2D eigenvalue weighted by Gasteiger charge is 2.32. The Morgan fingerprint density at radius 3 is 2.37 bits per heavy atom. The second-order valence-corrected chi connectivity index (χ2v) is 10.3. The molecule has 0 aromatic heterocycles. The lowest BCUT2D eigenvalue weighted by Gasteiger charge is -2.33. The van der Waals surface area contributed by atoms with Crippen molar-refractivity contribution < 1.29 is 18.1 Å². The average molecular weight is 429 g/mol. The van der Waals surface area contributed by atoms with Crippen molar-refractivity contribution in [2.75, 3.05) is 39.3 Å². The molecular formula is C23H30N3O3S+. The molecule has 1 saturated heterocycles. The van der Waals surface area contributed by atoms with E-state index in [2.05, 4.69) is 12.1 Å². The number of amides is 1. The predicted molar refractivity (Wildman–Crippen MR) is 116 cm³/mol. The van der Waals surface area contributed by atoms with Gasteiger partial charge in [0.2, 0.25) is 10.0 Å². The van der Waals surface area contributed by atoms with E-state index in [9.17, 15) is 13.2 Å². The topological polar surface area (TPSA) is 62.1 Å². The lowest BCUT2D eigenvalue weighted by Crippen LogP contribution is -3.15. The Balaban J connectivity index is 1.33. The Morgan fingerprint density at radius 1 is 0.967 bits per heavy atom. The molecule has 7 heteroatoms. The minimum Gasteiger partial charge on any atom is -0.333 e. The third-order valence-corrected chi connectivity index (χ3v) is 8.32. The third-order valence-electron chi connectivity index (χ3n) is 6.43. The molecule has 6 nitrogen and oxygen atoms in total. The fourth-order valence-electron chi connectivity index (χ4n) is 4.28. The number of piperazine rings is 1. The molecule has 2 aliphatic heterocycles. The Morgan fingerprint density at radius 2 is 1.67 bits per heavy atom. The highest BCUT2D eigenvalue weighted by atomic mass is 32.2. The quantitative estimate of drug-likeness (QED) is 0.783. The molecule has 0 atom stereocenters. The number of aryl methyl sites for hydroxylation is 2. The molecule has 1 fully saturated rings. The van der Waals surface area contributed by atoms with E-state index in [0.29, 0.717) is 44.2 Å². The number of hydrogen-bond acceptors (Lipinski definition) is 3. The van der Waals surface area contributed by atoms with E-state index in [1.807, 2.05) is 36.9 Å². The van der Waals surface area contributed by atoms with E-state index in [-0.39, 0.29) is 5.91 Å². The van der Waals surface area contributed by atoms with Gasteiger partial charge in [-0.2, -0.15) is 4.31 Å². The van der Waals surface area contributed by atoms with E-state index in [1.165, 1.54) is 11.1 Å². The molecule has 1 N–H and O–H groups in total. The summed E-state index contributed by atoms with van der Waals surface area (Å²) in [5.74, 6) is 0.157. The second-order valence-electron chi connectivity index (χ2n) is 8.41. The summed E-state index contributed by atoms with van der Waals surface area (Å²) in [6, 6.07) is 13.6. The maximum absolute atomic E-state index is 13.0. The maximum atomic E-state index is 13.0. The first-order chi connectivity index (χ1) is 14.3. The first kappa shape index (κ1) is 21.0. The molecule has 4 rings (SSSR count). The predicted octanol–water partition coefficient (Wildman–Crippen LogP) is 0.778. The molecule has 0 bridgehead atoms. The number of benzene rings is 2. The molecule has 0 saturated carbocycles. The molecule has 0 radical (unpaired) electrons. The summed E-state index contributed by atoms with van der Waals surface area (Å²) in [6.07, 6.45) is 0.902. The van der Waals surface area contributed by atoms with Gasteiger partial charge in [-0.25, -0.2) is 8.42 Å². The summed E-state index contributed by atoms with van der Waals surface area (Å²) in [4.78, 5) is 16.3. The van der Waals surface area contributed by atoms with Crippen molar-refractivity contribution in [3.05, 3.63) is 64.7 Å². The Bertz CT molecular complexity index is 1040. The number of quaternary nitrogens is 1. The van der Waals surface area contributed by atoms with E-state index in [0.717, 1.165) is 29.0 Å². The summed E-state index contributed by atoms with van der Waals surface area (Å²) in [6.45, 7) is 7.97. The molecule has 0 spiro atoms. The van der Waals surface area contributed by atoms with E-state index < -0.39 is 10.0 Å². The molecule has 2 heterocycles. The largest absolute Gasteiger partial charge is 0.333 e. The smallest absolute Gasteiger partial charge is 0.278 e. The number of rotatable bonds is 4. The van der Waals surface area contributed by atoms with Crippen molar-refractivity contribution in [2.24, 2.45) is 0 Å². The number of carbonyl (C=O) groups excluding carboxylic acids is 1. The second kappa shape index (κ2) is 8.49. The lowest BCUT2D eigenvalue weighted by atomic mass is 10.00. The van der Waals surface area contributed by atoms with Crippen LogP contribution in [-0.2, 0) is 27.8 Å². The van der Waals surface area contributed by atoms with Crippen LogP contribution in [0, 0.1) is 13.8 Å². The average Bonchev–Trinajstić information content (AvgIpc) is 2.75. The zero-order valence-corrected chi connectivity index (χ0v) is 18.5. The molecule has 30 heavy (non-hydrogen) atoms. The van der Waals surface area contributed by atoms with Crippen LogP contribution in [-0.4, -0.2) is 62.8 Å². The summed E-state index contributed by atoms with van der Waals surface area (Å²) >= 11 is 0. The summed E-state index contributed by atoms with van der Waals surface area (Å²) in [5, 5.41) is 0. The van der Waals surface area contributed by atoms with Crippen molar-refractivity contribution in [1.29, 1.82) is 0 Å². The normalized spacial score (nSPS) is 18.3. The number of fused-ring (bicyclic) bond motifs is 1. The van der Waals surface area contributed by atoms with Gasteiger partial charge in [0.1, 0.15) is 0 Å². The third kappa shape index (κ3) is 4.29. The minimum absolute atomic E-state index is 0.157. The monoisotopic (exact) mass is 428 g/mol. The van der Waals surface area contributed by atoms with E-state index in [4.69, 9.17) is 0 Å². The van der Waals surface area contributed by atoms with Crippen LogP contribution < -0.4 is 4.90 Å². The molecular weight excluding hydrogens is 398 g/mol. The highest BCUT2D eigenvalue weighted by Crippen LogP contribution is 2.20. The standard InChI is InChI=1S/C23H29N3O3S/c1-18-7-8-22(15-19(18)2)30(28,29)26-13-11-24(12-14-26)17-23(27)25-10-9-20-5-3-4-6-21(20)16-25/h3-8,15H,9-14,16-17H2,1-2H3/p+1. The Labute approximate surface area is 179 Å². The van der Waals surface area contributed by atoms with Crippen molar-refractivity contribution >= 4 is 15.9 Å². The summed E-state index contributed by atoms with van der Waals surface area (Å²) < 4.78 is 27.5. The van der Waals surface area contributed by atoms with Crippen LogP contribution in [0.4, 0.5) is 0 Å². The van der Waals surface area contributed by atoms with Crippen LogP contribution in [0.1, 0.15) is 22.3 Å². The molecule has 1 amide bonds. The zero-order valence-electron chi connectivity index (χ0n) is 17.7. The molecule has 2 aromatic carbocycles. The van der Waals surface area contributed by atoms with Crippen molar-refractivity contribution in [3.8, 4) is 0 Å². The van der Waals surface area contributed by atoms with Crippen molar-refractivity contribution in [3.63, 3.8) is 0 Å². The lowest BCUT2D eigenvalue weighted by molar-refractivity contribution is -0.896. The Kier molecular flexibility index (Phi) is 5.95. The minimum atomic E-state index is -3.48. The van der Waals surface area contributed by atoms with E-state index >= 15 is 0 Å². The molecule has 0 unspecified atom stereocenters. The van der Waals surface area contributed by atoms with E-state index in [1.54, 1.807) is 16.4 Å². The number of nitrogens with one attached hydrogen (secondary N) is 1. The van der Waals surface area contributed by atoms with Gasteiger partial charge in [0, 0.05) is 13.1 Å². The number of nitrogens with zero attached hydrogens (tertiary/aromatic N) is 2. The van der Waals surface area contributed by atoms with Gasteiger partial charge in [0.05, 0.1) is 31.1 Å². The van der Waals surface area contributed by atoms with Crippen LogP contribution in [0.5, 0.6) is 0 Å². The SMILES string of the molecule is Cc1ccc(S(=O)(=O)N2CC[NH+](CC(=O)N3CCc4ccccc4C3)CC2)cc1C. The van der Waals surface area contributed by atoms with Gasteiger partial charge in [0.25, 0.3) is 5.91 Å². The van der Waals surface area contributed by atoms with Crippen LogP contribution in [0.25, 0.3) is 0 Å². The van der Waals surface area contributed by atoms with Gasteiger partial charge in [-0.05, 0) is 54.7 Å². The van der Waals surface area contributed by atoms with Crippen LogP contribution in [0.3, 0.4) is 0 Å². The van der Waals surface area contributed by atoms with Crippen LogP contribution in [0.2, 0.25) is 0 Å². The Hall–Kier alpha value is -2.22. The summed E-state index contributed by atoms with van der Waals surface area (Å²) in [5.41, 5.74) is 4.63. The highest BCUT2D eigenvalue weighted by molar-refractivity contribution is 7.89. The number of hydrogen-bond donors (Lipinski definition) is 1.